The van der Waals surface area contributed by atoms with E-state index in [0.717, 1.165) is 12.1 Å². The number of likely N-dealkylation sites (N-methyl/N-ethyl adjacent to an activating group) is 1. The van der Waals surface area contributed by atoms with Crippen LogP contribution in [0.5, 0.6) is 11.5 Å². The van der Waals surface area contributed by atoms with Gasteiger partial charge in [0.15, 0.2) is 17.5 Å². The zero-order chi connectivity index (χ0) is 17.4. The molecule has 3 N–H and O–H groups in total. The van der Waals surface area contributed by atoms with Crippen LogP contribution in [0.4, 0.5) is 5.69 Å². The molecule has 0 aliphatic carbocycles. The van der Waals surface area contributed by atoms with E-state index in [1.165, 1.54) is 0 Å². The largest absolute Gasteiger partial charge is 0.493 e. The van der Waals surface area contributed by atoms with Crippen molar-refractivity contribution in [3.8, 4) is 11.5 Å². The molecule has 0 radical (unpaired) electrons. The molecule has 0 saturated heterocycles. The lowest BCUT2D eigenvalue weighted by Gasteiger charge is -2.24. The number of aliphatic imine (C=N–C) groups is 1. The van der Waals surface area contributed by atoms with Crippen molar-refractivity contribution in [3.05, 3.63) is 18.2 Å². The van der Waals surface area contributed by atoms with Gasteiger partial charge in [0, 0.05) is 17.8 Å². The predicted octanol–water partition coefficient (Wildman–Crippen LogP) is 2.41. The quantitative estimate of drug-likeness (QED) is 0.568. The first-order valence-electron chi connectivity index (χ1n) is 7.82. The minimum absolute atomic E-state index is 0.376. The average molecular weight is 322 g/mol. The number of nitrogens with one attached hydrogen (secondary N) is 1. The van der Waals surface area contributed by atoms with E-state index in [0.29, 0.717) is 36.0 Å². The maximum Gasteiger partial charge on any atom is 0.193 e. The molecule has 6 heteroatoms. The summed E-state index contributed by atoms with van der Waals surface area (Å²) in [6.45, 7) is 5.09. The van der Waals surface area contributed by atoms with Crippen molar-refractivity contribution in [2.24, 2.45) is 16.6 Å². The second-order valence-electron chi connectivity index (χ2n) is 6.17. The molecule has 1 atom stereocenters. The summed E-state index contributed by atoms with van der Waals surface area (Å²) in [5.74, 6) is 2.35. The average Bonchev–Trinajstić information content (AvgIpc) is 2.50. The van der Waals surface area contributed by atoms with Gasteiger partial charge in [0.2, 0.25) is 0 Å². The number of hydrogen-bond acceptors (Lipinski definition) is 4. The van der Waals surface area contributed by atoms with Crippen LogP contribution in [0, 0.1) is 5.92 Å². The second kappa shape index (κ2) is 9.25. The van der Waals surface area contributed by atoms with E-state index in [2.05, 4.69) is 43.2 Å². The lowest BCUT2D eigenvalue weighted by Crippen LogP contribution is -2.34. The van der Waals surface area contributed by atoms with Crippen LogP contribution in [-0.4, -0.2) is 51.8 Å². The van der Waals surface area contributed by atoms with Crippen LogP contribution in [0.25, 0.3) is 0 Å². The van der Waals surface area contributed by atoms with Crippen molar-refractivity contribution in [1.29, 1.82) is 0 Å². The number of anilines is 1. The molecule has 0 aliphatic rings. The number of benzene rings is 1. The molecule has 0 amide bonds. The summed E-state index contributed by atoms with van der Waals surface area (Å²) in [4.78, 5) is 6.65. The molecule has 6 nitrogen and oxygen atoms in total. The Morgan fingerprint density at radius 1 is 1.22 bits per heavy atom. The van der Waals surface area contributed by atoms with Crippen LogP contribution in [0.3, 0.4) is 0 Å². The van der Waals surface area contributed by atoms with Crippen LogP contribution in [0.2, 0.25) is 0 Å². The van der Waals surface area contributed by atoms with Crippen LogP contribution in [0.1, 0.15) is 20.3 Å². The van der Waals surface area contributed by atoms with Crippen LogP contribution >= 0.6 is 0 Å². The first kappa shape index (κ1) is 19.1. The van der Waals surface area contributed by atoms with Gasteiger partial charge in [-0.15, -0.1) is 0 Å². The van der Waals surface area contributed by atoms with Crippen molar-refractivity contribution in [1.82, 2.24) is 4.90 Å². The SMILES string of the molecule is COc1ccc(NC(N)=NCC(CC(C)C)N(C)C)cc1OC. The first-order chi connectivity index (χ1) is 10.9. The van der Waals surface area contributed by atoms with E-state index < -0.39 is 0 Å². The van der Waals surface area contributed by atoms with Crippen molar-refractivity contribution < 1.29 is 9.47 Å². The standard InChI is InChI=1S/C17H30N4O2/c1-12(2)9-14(21(3)4)11-19-17(18)20-13-7-8-15(22-5)16(10-13)23-6/h7-8,10,12,14H,9,11H2,1-6H3,(H3,18,19,20). The van der Waals surface area contributed by atoms with Gasteiger partial charge < -0.3 is 25.4 Å². The fourth-order valence-corrected chi connectivity index (χ4v) is 2.30. The third-order valence-electron chi connectivity index (χ3n) is 3.60. The Balaban J connectivity index is 2.72. The Morgan fingerprint density at radius 2 is 1.87 bits per heavy atom. The molecule has 0 heterocycles. The van der Waals surface area contributed by atoms with Crippen molar-refractivity contribution in [3.63, 3.8) is 0 Å². The number of nitrogens with zero attached hydrogens (tertiary/aromatic N) is 2. The third kappa shape index (κ3) is 6.36. The van der Waals surface area contributed by atoms with Crippen LogP contribution in [0.15, 0.2) is 23.2 Å². The van der Waals surface area contributed by atoms with Crippen molar-refractivity contribution in [2.45, 2.75) is 26.3 Å². The number of guanidine groups is 1. The zero-order valence-corrected chi connectivity index (χ0v) is 15.1. The highest BCUT2D eigenvalue weighted by molar-refractivity contribution is 5.92. The maximum absolute atomic E-state index is 6.00. The van der Waals surface area contributed by atoms with Crippen molar-refractivity contribution >= 4 is 11.6 Å². The van der Waals surface area contributed by atoms with Crippen LogP contribution in [-0.2, 0) is 0 Å². The Labute approximate surface area is 139 Å². The molecule has 0 aliphatic heterocycles. The highest BCUT2D eigenvalue weighted by Crippen LogP contribution is 2.29. The summed E-state index contributed by atoms with van der Waals surface area (Å²) in [6, 6.07) is 5.91. The number of methoxy groups -OCH3 is 2. The van der Waals surface area contributed by atoms with Gasteiger partial charge in [-0.3, -0.25) is 4.99 Å². The molecule has 1 rings (SSSR count). The Kier molecular flexibility index (Phi) is 7.68. The van der Waals surface area contributed by atoms with Gasteiger partial charge in [0.1, 0.15) is 0 Å². The minimum Gasteiger partial charge on any atom is -0.493 e. The number of ether oxygens (including phenoxy) is 2. The van der Waals surface area contributed by atoms with Gasteiger partial charge in [-0.1, -0.05) is 13.8 Å². The summed E-state index contributed by atoms with van der Waals surface area (Å²) in [6.07, 6.45) is 1.08. The van der Waals surface area contributed by atoms with Gasteiger partial charge in [-0.25, -0.2) is 0 Å². The third-order valence-corrected chi connectivity index (χ3v) is 3.60. The highest BCUT2D eigenvalue weighted by atomic mass is 16.5. The summed E-state index contributed by atoms with van der Waals surface area (Å²) in [7, 11) is 7.35. The van der Waals surface area contributed by atoms with E-state index >= 15 is 0 Å². The van der Waals surface area contributed by atoms with Gasteiger partial charge >= 0.3 is 0 Å². The van der Waals surface area contributed by atoms with E-state index in [1.54, 1.807) is 14.2 Å². The number of hydrogen-bond donors (Lipinski definition) is 2. The van der Waals surface area contributed by atoms with Crippen molar-refractivity contribution in [2.75, 3.05) is 40.2 Å². The summed E-state index contributed by atoms with van der Waals surface area (Å²) < 4.78 is 10.5. The van der Waals surface area contributed by atoms with Gasteiger partial charge in [-0.05, 0) is 38.6 Å². The van der Waals surface area contributed by atoms with Crippen LogP contribution < -0.4 is 20.5 Å². The van der Waals surface area contributed by atoms with Gasteiger partial charge in [0.05, 0.1) is 20.8 Å². The molecule has 23 heavy (non-hydrogen) atoms. The van der Waals surface area contributed by atoms with E-state index in [4.69, 9.17) is 15.2 Å². The Hall–Kier alpha value is -1.95. The molecule has 0 aromatic heterocycles. The maximum atomic E-state index is 6.00. The lowest BCUT2D eigenvalue weighted by atomic mass is 10.0. The molecule has 1 aromatic carbocycles. The number of rotatable bonds is 8. The van der Waals surface area contributed by atoms with E-state index in [1.807, 2.05) is 18.2 Å². The predicted molar refractivity (Wildman–Crippen MR) is 96.6 cm³/mol. The summed E-state index contributed by atoms with van der Waals surface area (Å²) in [5.41, 5.74) is 6.81. The number of nitrogens with two attached hydrogens (primary N) is 1. The van der Waals surface area contributed by atoms with E-state index in [9.17, 15) is 0 Å². The fraction of sp³-hybridized carbons (Fsp3) is 0.588. The molecular formula is C17H30N4O2. The fourth-order valence-electron chi connectivity index (χ4n) is 2.30. The van der Waals surface area contributed by atoms with E-state index in [-0.39, 0.29) is 0 Å². The smallest absolute Gasteiger partial charge is 0.193 e. The van der Waals surface area contributed by atoms with Gasteiger partial charge in [0.25, 0.3) is 0 Å². The molecule has 1 unspecified atom stereocenters. The monoisotopic (exact) mass is 322 g/mol. The Bertz CT molecular complexity index is 515. The zero-order valence-electron chi connectivity index (χ0n) is 15.1. The van der Waals surface area contributed by atoms with Gasteiger partial charge in [-0.2, -0.15) is 0 Å². The molecular weight excluding hydrogens is 292 g/mol. The molecule has 0 spiro atoms. The normalized spacial score (nSPS) is 13.3. The lowest BCUT2D eigenvalue weighted by molar-refractivity contribution is 0.261. The molecule has 130 valence electrons. The molecule has 0 bridgehead atoms. The molecule has 0 saturated carbocycles. The highest BCUT2D eigenvalue weighted by Gasteiger charge is 2.13. The molecule has 0 fully saturated rings. The first-order valence-corrected chi connectivity index (χ1v) is 7.82. The molecule has 1 aromatic rings. The summed E-state index contributed by atoms with van der Waals surface area (Å²) >= 11 is 0. The minimum atomic E-state index is 0.376. The Morgan fingerprint density at radius 3 is 2.39 bits per heavy atom. The second-order valence-corrected chi connectivity index (χ2v) is 6.17. The summed E-state index contributed by atoms with van der Waals surface area (Å²) in [5, 5.41) is 3.09. The topological polar surface area (TPSA) is 72.1 Å².